The first-order valence-corrected chi connectivity index (χ1v) is 14.0. The number of carboxylic acids is 1. The zero-order chi connectivity index (χ0) is 27.8. The van der Waals surface area contributed by atoms with Crippen molar-refractivity contribution in [3.8, 4) is 0 Å². The molecule has 0 saturated heterocycles. The van der Waals surface area contributed by atoms with E-state index in [-0.39, 0.29) is 18.2 Å². The summed E-state index contributed by atoms with van der Waals surface area (Å²) in [6.45, 7) is 5.64. The normalized spacial score (nSPS) is 11.7. The number of thiophene rings is 1. The van der Waals surface area contributed by atoms with Gasteiger partial charge in [-0.3, -0.25) is 19.2 Å². The maximum atomic E-state index is 12.9. The van der Waals surface area contributed by atoms with E-state index in [0.29, 0.717) is 33.7 Å². The molecule has 9 nitrogen and oxygen atoms in total. The summed E-state index contributed by atoms with van der Waals surface area (Å²) in [6, 6.07) is 9.43. The number of Topliss-reactive ketones (excluding diaryl/α,β-unsaturated/α-hetero) is 1. The zero-order valence-corrected chi connectivity index (χ0v) is 23.5. The lowest BCUT2D eigenvalue weighted by Crippen LogP contribution is -2.43. The molecule has 0 fully saturated rings. The van der Waals surface area contributed by atoms with Crippen LogP contribution in [0.4, 0.5) is 0 Å². The van der Waals surface area contributed by atoms with Crippen LogP contribution < -0.4 is 5.32 Å². The number of amides is 2. The number of carbonyl (C=O) groups excluding carboxylic acids is 3. The molecule has 0 saturated carbocycles. The van der Waals surface area contributed by atoms with Crippen molar-refractivity contribution in [2.24, 2.45) is 0 Å². The highest BCUT2D eigenvalue weighted by atomic mass is 35.5. The van der Waals surface area contributed by atoms with Crippen molar-refractivity contribution in [3.63, 3.8) is 0 Å². The third-order valence-corrected chi connectivity index (χ3v) is 8.18. The summed E-state index contributed by atoms with van der Waals surface area (Å²) in [6.07, 6.45) is -0.523. The Morgan fingerprint density at radius 3 is 2.53 bits per heavy atom. The largest absolute Gasteiger partial charge is 0.481 e. The Labute approximate surface area is 233 Å². The highest BCUT2D eigenvalue weighted by Gasteiger charge is 2.25. The quantitative estimate of drug-likeness (QED) is 0.301. The smallest absolute Gasteiger partial charge is 0.305 e. The monoisotopic (exact) mass is 577 g/mol. The van der Waals surface area contributed by atoms with Crippen LogP contribution in [0.3, 0.4) is 0 Å². The minimum absolute atomic E-state index is 0.0222. The molecule has 1 unspecified atom stereocenters. The first-order chi connectivity index (χ1) is 18.0. The molecular formula is C26H28ClN3O6S2. The summed E-state index contributed by atoms with van der Waals surface area (Å²) >= 11 is 8.62. The Bertz CT molecular complexity index is 1300. The fourth-order valence-corrected chi connectivity index (χ4v) is 5.78. The van der Waals surface area contributed by atoms with Crippen molar-refractivity contribution < 1.29 is 28.8 Å². The number of aliphatic carboxylic acids is 1. The van der Waals surface area contributed by atoms with Crippen LogP contribution in [0.1, 0.15) is 50.5 Å². The molecule has 0 radical (unpaired) electrons. The van der Waals surface area contributed by atoms with Gasteiger partial charge in [0.1, 0.15) is 5.76 Å². The number of rotatable bonds is 13. The predicted octanol–water partition coefficient (Wildman–Crippen LogP) is 4.63. The molecule has 2 aromatic heterocycles. The minimum Gasteiger partial charge on any atom is -0.481 e. The van der Waals surface area contributed by atoms with Gasteiger partial charge < -0.3 is 19.8 Å². The second-order valence-electron chi connectivity index (χ2n) is 8.62. The lowest BCUT2D eigenvalue weighted by atomic mass is 10.1. The van der Waals surface area contributed by atoms with Gasteiger partial charge in [0.25, 0.3) is 5.91 Å². The van der Waals surface area contributed by atoms with Crippen LogP contribution in [0.15, 0.2) is 40.9 Å². The number of carboxylic acid groups (broad SMARTS) is 1. The summed E-state index contributed by atoms with van der Waals surface area (Å²) in [4.78, 5) is 52.0. The maximum Gasteiger partial charge on any atom is 0.305 e. The number of nitrogens with zero attached hydrogens (tertiary/aromatic N) is 2. The van der Waals surface area contributed by atoms with Crippen molar-refractivity contribution in [2.45, 2.75) is 52.1 Å². The van der Waals surface area contributed by atoms with Crippen LogP contribution in [0.25, 0.3) is 0 Å². The van der Waals surface area contributed by atoms with Gasteiger partial charge in [-0.1, -0.05) is 35.0 Å². The van der Waals surface area contributed by atoms with Gasteiger partial charge >= 0.3 is 5.97 Å². The molecule has 1 aromatic carbocycles. The van der Waals surface area contributed by atoms with Gasteiger partial charge in [-0.25, -0.2) is 0 Å². The highest BCUT2D eigenvalue weighted by molar-refractivity contribution is 7.99. The third kappa shape index (κ3) is 8.17. The van der Waals surface area contributed by atoms with Gasteiger partial charge in [0.05, 0.1) is 41.9 Å². The van der Waals surface area contributed by atoms with Crippen molar-refractivity contribution in [3.05, 3.63) is 73.8 Å². The Morgan fingerprint density at radius 1 is 1.16 bits per heavy atom. The van der Waals surface area contributed by atoms with Crippen LogP contribution in [0.2, 0.25) is 5.02 Å². The number of hydrogen-bond acceptors (Lipinski definition) is 8. The number of nitrogens with one attached hydrogen (secondary N) is 1. The van der Waals surface area contributed by atoms with Crippen molar-refractivity contribution in [1.29, 1.82) is 0 Å². The average molecular weight is 578 g/mol. The summed E-state index contributed by atoms with van der Waals surface area (Å²) in [5.41, 5.74) is 2.40. The van der Waals surface area contributed by atoms with Gasteiger partial charge in [-0.15, -0.1) is 23.1 Å². The number of thioether (sulfide) groups is 1. The van der Waals surface area contributed by atoms with Crippen LogP contribution in [0, 0.1) is 13.8 Å². The molecule has 0 aliphatic heterocycles. The van der Waals surface area contributed by atoms with Gasteiger partial charge in [0, 0.05) is 28.1 Å². The van der Waals surface area contributed by atoms with Crippen molar-refractivity contribution >= 4 is 58.3 Å². The first-order valence-electron chi connectivity index (χ1n) is 11.7. The molecule has 2 amide bonds. The number of hydrogen-bond donors (Lipinski definition) is 2. The number of halogens is 1. The average Bonchev–Trinajstić information content (AvgIpc) is 3.45. The Balaban J connectivity index is 1.62. The molecule has 202 valence electrons. The second-order valence-corrected chi connectivity index (χ2v) is 11.2. The third-order valence-electron chi connectivity index (χ3n) is 5.74. The number of carbonyl (C=O) groups is 4. The molecule has 0 spiro atoms. The van der Waals surface area contributed by atoms with Crippen LogP contribution in [-0.2, 0) is 33.2 Å². The van der Waals surface area contributed by atoms with E-state index in [4.69, 9.17) is 16.1 Å². The van der Waals surface area contributed by atoms with Gasteiger partial charge in [0.2, 0.25) is 5.91 Å². The van der Waals surface area contributed by atoms with Crippen LogP contribution >= 0.6 is 34.7 Å². The first kappa shape index (κ1) is 29.4. The van der Waals surface area contributed by atoms with E-state index in [1.54, 1.807) is 30.0 Å². The molecule has 0 aliphatic rings. The van der Waals surface area contributed by atoms with E-state index in [1.807, 2.05) is 25.1 Å². The predicted molar refractivity (Wildman–Crippen MR) is 146 cm³/mol. The Morgan fingerprint density at radius 2 is 1.89 bits per heavy atom. The number of benzene rings is 1. The standard InChI is InChI=1S/C26H28ClN3O6S2/c1-15-20(16(2)36-29-15)12-30(17(3)31)11-19-8-9-24(38-19)26(35)28-22(10-25(33)34)23(32)14-37-13-18-6-4-5-7-21(18)27/h4-9,22H,10-14H2,1-3H3,(H,28,35)(H,33,34). The fourth-order valence-electron chi connectivity index (χ4n) is 3.60. The van der Waals surface area contributed by atoms with Crippen LogP contribution in [0.5, 0.6) is 0 Å². The van der Waals surface area contributed by atoms with Crippen molar-refractivity contribution in [1.82, 2.24) is 15.4 Å². The molecule has 1 atom stereocenters. The Hall–Kier alpha value is -3.15. The maximum absolute atomic E-state index is 12.9. The fraction of sp³-hybridized carbons (Fsp3) is 0.346. The summed E-state index contributed by atoms with van der Waals surface area (Å²) < 4.78 is 5.18. The topological polar surface area (TPSA) is 130 Å². The van der Waals surface area contributed by atoms with E-state index in [9.17, 15) is 24.3 Å². The molecule has 0 aliphatic carbocycles. The molecule has 12 heteroatoms. The van der Waals surface area contributed by atoms with Gasteiger partial charge in [-0.2, -0.15) is 0 Å². The molecule has 2 heterocycles. The summed E-state index contributed by atoms with van der Waals surface area (Å²) in [7, 11) is 0. The minimum atomic E-state index is -1.19. The molecule has 38 heavy (non-hydrogen) atoms. The van der Waals surface area contributed by atoms with E-state index < -0.39 is 30.1 Å². The molecule has 2 N–H and O–H groups in total. The van der Waals surface area contributed by atoms with Gasteiger partial charge in [-0.05, 0) is 37.6 Å². The number of ketones is 1. The van der Waals surface area contributed by atoms with E-state index in [0.717, 1.165) is 16.0 Å². The molecule has 0 bridgehead atoms. The number of aryl methyl sites for hydroxylation is 2. The van der Waals surface area contributed by atoms with E-state index in [1.165, 1.54) is 30.0 Å². The molecule has 3 rings (SSSR count). The van der Waals surface area contributed by atoms with Gasteiger partial charge in [0.15, 0.2) is 5.78 Å². The van der Waals surface area contributed by atoms with E-state index >= 15 is 0 Å². The second kappa shape index (κ2) is 13.6. The summed E-state index contributed by atoms with van der Waals surface area (Å²) in [5, 5.41) is 16.4. The number of aromatic nitrogens is 1. The lowest BCUT2D eigenvalue weighted by Gasteiger charge is -2.20. The molecule has 3 aromatic rings. The summed E-state index contributed by atoms with van der Waals surface area (Å²) in [5.74, 6) is -1.13. The van der Waals surface area contributed by atoms with Crippen molar-refractivity contribution in [2.75, 3.05) is 5.75 Å². The van der Waals surface area contributed by atoms with E-state index in [2.05, 4.69) is 10.5 Å². The highest BCUT2D eigenvalue weighted by Crippen LogP contribution is 2.23. The lowest BCUT2D eigenvalue weighted by molar-refractivity contribution is -0.139. The molecular weight excluding hydrogens is 550 g/mol. The SMILES string of the molecule is CC(=O)N(Cc1ccc(C(=O)NC(CC(=O)O)C(=O)CSCc2ccccc2Cl)s1)Cc1c(C)noc1C. The Kier molecular flexibility index (Phi) is 10.5. The zero-order valence-electron chi connectivity index (χ0n) is 21.2. The van der Waals surface area contributed by atoms with Crippen LogP contribution in [-0.4, -0.2) is 50.5 Å².